The van der Waals surface area contributed by atoms with Crippen LogP contribution in [0.3, 0.4) is 0 Å². The number of methoxy groups -OCH3 is 1. The van der Waals surface area contributed by atoms with Gasteiger partial charge < -0.3 is 19.7 Å². The summed E-state index contributed by atoms with van der Waals surface area (Å²) in [7, 11) is 1.59. The van der Waals surface area contributed by atoms with Crippen molar-refractivity contribution in [3.63, 3.8) is 0 Å². The van der Waals surface area contributed by atoms with Crippen molar-refractivity contribution in [3.05, 3.63) is 58.3 Å². The predicted octanol–water partition coefficient (Wildman–Crippen LogP) is 2.08. The van der Waals surface area contributed by atoms with Crippen LogP contribution in [-0.2, 0) is 9.53 Å². The summed E-state index contributed by atoms with van der Waals surface area (Å²) in [6.07, 6.45) is 2.77. The fraction of sp³-hybridized carbons (Fsp3) is 0.318. The summed E-state index contributed by atoms with van der Waals surface area (Å²) in [6.45, 7) is 4.75. The van der Waals surface area contributed by atoms with Gasteiger partial charge >= 0.3 is 0 Å². The molecule has 0 aliphatic carbocycles. The highest BCUT2D eigenvalue weighted by Crippen LogP contribution is 2.33. The first-order chi connectivity index (χ1) is 15.4. The van der Waals surface area contributed by atoms with Crippen LogP contribution in [-0.4, -0.2) is 52.6 Å². The lowest BCUT2D eigenvalue weighted by Crippen LogP contribution is -2.40. The molecular weight excluding hydrogens is 412 g/mol. The molecule has 32 heavy (non-hydrogen) atoms. The van der Waals surface area contributed by atoms with Crippen molar-refractivity contribution in [1.29, 1.82) is 0 Å². The second-order valence-electron chi connectivity index (χ2n) is 7.45. The van der Waals surface area contributed by atoms with Gasteiger partial charge in [-0.05, 0) is 30.7 Å². The average molecular weight is 436 g/mol. The number of H-pyrrole nitrogens is 1. The van der Waals surface area contributed by atoms with E-state index in [-0.39, 0.29) is 17.6 Å². The third-order valence-electron chi connectivity index (χ3n) is 5.13. The molecule has 1 aliphatic rings. The molecule has 166 valence electrons. The Balaban J connectivity index is 1.65. The van der Waals surface area contributed by atoms with Crippen molar-refractivity contribution < 1.29 is 14.3 Å². The number of nitrogens with zero attached hydrogens (tertiary/aromatic N) is 4. The van der Waals surface area contributed by atoms with Crippen LogP contribution in [0, 0.1) is 6.92 Å². The van der Waals surface area contributed by atoms with Crippen molar-refractivity contribution in [2.45, 2.75) is 20.0 Å². The maximum atomic E-state index is 12.4. The number of anilines is 2. The van der Waals surface area contributed by atoms with Gasteiger partial charge in [-0.25, -0.2) is 15.0 Å². The van der Waals surface area contributed by atoms with E-state index in [1.165, 1.54) is 19.3 Å². The minimum atomic E-state index is -0.345. The minimum absolute atomic E-state index is 0.161. The summed E-state index contributed by atoms with van der Waals surface area (Å²) in [5.74, 6) is 0.930. The van der Waals surface area contributed by atoms with E-state index in [1.807, 2.05) is 17.9 Å². The third-order valence-corrected chi connectivity index (χ3v) is 5.13. The highest BCUT2D eigenvalue weighted by atomic mass is 16.5. The number of morpholine rings is 1. The molecule has 1 fully saturated rings. The molecule has 1 atom stereocenters. The molecular formula is C22H24N6O4. The van der Waals surface area contributed by atoms with Gasteiger partial charge in [-0.15, -0.1) is 0 Å². The zero-order valence-electron chi connectivity index (χ0n) is 18.1. The minimum Gasteiger partial charge on any atom is -0.496 e. The maximum Gasteiger partial charge on any atom is 0.252 e. The molecule has 1 saturated heterocycles. The lowest BCUT2D eigenvalue weighted by Gasteiger charge is -2.34. The third kappa shape index (κ3) is 4.59. The Kier molecular flexibility index (Phi) is 6.13. The molecule has 3 aromatic rings. The monoisotopic (exact) mass is 436 g/mol. The van der Waals surface area contributed by atoms with Crippen LogP contribution in [0.25, 0.3) is 11.4 Å². The number of aryl methyl sites for hydroxylation is 1. The van der Waals surface area contributed by atoms with E-state index in [4.69, 9.17) is 9.47 Å². The first kappa shape index (κ1) is 21.4. The molecule has 4 rings (SSSR count). The maximum absolute atomic E-state index is 12.4. The van der Waals surface area contributed by atoms with Crippen LogP contribution in [0.1, 0.15) is 24.2 Å². The fourth-order valence-electron chi connectivity index (χ4n) is 3.68. The van der Waals surface area contributed by atoms with Crippen molar-refractivity contribution in [2.24, 2.45) is 0 Å². The van der Waals surface area contributed by atoms with Gasteiger partial charge in [0, 0.05) is 37.0 Å². The number of rotatable bonds is 5. The second-order valence-corrected chi connectivity index (χ2v) is 7.45. The summed E-state index contributed by atoms with van der Waals surface area (Å²) in [5, 5.41) is 2.78. The van der Waals surface area contributed by atoms with Crippen molar-refractivity contribution in [2.75, 3.05) is 37.0 Å². The van der Waals surface area contributed by atoms with Crippen molar-refractivity contribution in [1.82, 2.24) is 19.9 Å². The predicted molar refractivity (Wildman–Crippen MR) is 119 cm³/mol. The number of nitrogens with one attached hydrogen (secondary N) is 2. The number of carbonyl (C=O) groups is 1. The van der Waals surface area contributed by atoms with Gasteiger partial charge in [0.05, 0.1) is 31.6 Å². The Morgan fingerprint density at radius 1 is 1.34 bits per heavy atom. The van der Waals surface area contributed by atoms with Crippen LogP contribution < -0.4 is 20.5 Å². The Morgan fingerprint density at radius 2 is 2.19 bits per heavy atom. The number of benzene rings is 1. The standard InChI is InChI=1S/C22H24N6O4/c1-13-10-23-12-24-21(13)17-9-20(30)27-22(26-17)28-6-7-32-19(11-28)16-8-15(25-14(2)29)4-5-18(16)31-3/h4-5,8-10,12,19H,6-7,11H2,1-3H3,(H,25,29)(H,26,27,30)/t19-/m1/s1. The Labute approximate surface area is 184 Å². The topological polar surface area (TPSA) is 122 Å². The first-order valence-electron chi connectivity index (χ1n) is 10.1. The summed E-state index contributed by atoms with van der Waals surface area (Å²) >= 11 is 0. The molecule has 0 spiro atoms. The lowest BCUT2D eigenvalue weighted by atomic mass is 10.1. The van der Waals surface area contributed by atoms with E-state index in [0.29, 0.717) is 48.5 Å². The molecule has 0 saturated carbocycles. The number of hydrogen-bond acceptors (Lipinski definition) is 8. The van der Waals surface area contributed by atoms with E-state index >= 15 is 0 Å². The number of amides is 1. The molecule has 3 heterocycles. The Bertz CT molecular complexity index is 1200. The van der Waals surface area contributed by atoms with E-state index < -0.39 is 0 Å². The van der Waals surface area contributed by atoms with Gasteiger partial charge in [-0.2, -0.15) is 0 Å². The summed E-state index contributed by atoms with van der Waals surface area (Å²) in [6, 6.07) is 6.83. The van der Waals surface area contributed by atoms with Gasteiger partial charge in [0.1, 0.15) is 18.2 Å². The quantitative estimate of drug-likeness (QED) is 0.623. The molecule has 1 aliphatic heterocycles. The molecule has 0 radical (unpaired) electrons. The van der Waals surface area contributed by atoms with Gasteiger partial charge in [0.15, 0.2) is 0 Å². The van der Waals surface area contributed by atoms with Gasteiger partial charge in [-0.3, -0.25) is 14.6 Å². The Hall–Kier alpha value is -3.79. The van der Waals surface area contributed by atoms with Crippen LogP contribution in [0.5, 0.6) is 5.75 Å². The summed E-state index contributed by atoms with van der Waals surface area (Å²) < 4.78 is 11.5. The van der Waals surface area contributed by atoms with Gasteiger partial charge in [0.2, 0.25) is 11.9 Å². The summed E-state index contributed by atoms with van der Waals surface area (Å²) in [4.78, 5) is 41.5. The second kappa shape index (κ2) is 9.15. The number of aromatic amines is 1. The molecule has 10 heteroatoms. The Morgan fingerprint density at radius 3 is 2.94 bits per heavy atom. The highest BCUT2D eigenvalue weighted by Gasteiger charge is 2.27. The van der Waals surface area contributed by atoms with Crippen molar-refractivity contribution in [3.8, 4) is 17.1 Å². The zero-order chi connectivity index (χ0) is 22.7. The van der Waals surface area contributed by atoms with E-state index in [2.05, 4.69) is 25.3 Å². The number of ether oxygens (including phenoxy) is 2. The van der Waals surface area contributed by atoms with E-state index in [0.717, 1.165) is 11.1 Å². The smallest absolute Gasteiger partial charge is 0.252 e. The molecule has 10 nitrogen and oxygen atoms in total. The van der Waals surface area contributed by atoms with Crippen molar-refractivity contribution >= 4 is 17.5 Å². The van der Waals surface area contributed by atoms with Crippen LogP contribution >= 0.6 is 0 Å². The van der Waals surface area contributed by atoms with Gasteiger partial charge in [-0.1, -0.05) is 0 Å². The zero-order valence-corrected chi connectivity index (χ0v) is 18.1. The number of hydrogen-bond donors (Lipinski definition) is 2. The van der Waals surface area contributed by atoms with Crippen LogP contribution in [0.4, 0.5) is 11.6 Å². The normalized spacial score (nSPS) is 16.0. The molecule has 0 bridgehead atoms. The molecule has 1 amide bonds. The highest BCUT2D eigenvalue weighted by molar-refractivity contribution is 5.88. The van der Waals surface area contributed by atoms with E-state index in [9.17, 15) is 9.59 Å². The molecule has 1 aromatic carbocycles. The van der Waals surface area contributed by atoms with Crippen LogP contribution in [0.2, 0.25) is 0 Å². The average Bonchev–Trinajstić information content (AvgIpc) is 2.78. The number of aromatic nitrogens is 4. The SMILES string of the molecule is COc1ccc(NC(C)=O)cc1[C@H]1CN(c2nc(-c3ncncc3C)cc(=O)[nH]2)CCO1. The summed E-state index contributed by atoms with van der Waals surface area (Å²) in [5.41, 5.74) is 3.11. The molecule has 2 aromatic heterocycles. The number of carbonyl (C=O) groups excluding carboxylic acids is 1. The lowest BCUT2D eigenvalue weighted by molar-refractivity contribution is -0.114. The van der Waals surface area contributed by atoms with Crippen LogP contribution in [0.15, 0.2) is 41.6 Å². The fourth-order valence-corrected chi connectivity index (χ4v) is 3.68. The largest absolute Gasteiger partial charge is 0.496 e. The molecule has 2 N–H and O–H groups in total. The first-order valence-corrected chi connectivity index (χ1v) is 10.1. The van der Waals surface area contributed by atoms with E-state index in [1.54, 1.807) is 25.4 Å². The van der Waals surface area contributed by atoms with Gasteiger partial charge in [0.25, 0.3) is 5.56 Å². The molecule has 0 unspecified atom stereocenters.